The van der Waals surface area contributed by atoms with Gasteiger partial charge in [0, 0.05) is 28.1 Å². The van der Waals surface area contributed by atoms with E-state index in [2.05, 4.69) is 21.2 Å². The van der Waals surface area contributed by atoms with Gasteiger partial charge in [0.25, 0.3) is 5.91 Å². The lowest BCUT2D eigenvalue weighted by Crippen LogP contribution is -2.25. The summed E-state index contributed by atoms with van der Waals surface area (Å²) in [5.41, 5.74) is 2.57. The van der Waals surface area contributed by atoms with Crippen LogP contribution in [0.4, 0.5) is 0 Å². The average Bonchev–Trinajstić information content (AvgIpc) is 3.40. The molecule has 1 saturated carbocycles. The van der Waals surface area contributed by atoms with Crippen LogP contribution in [0.2, 0.25) is 0 Å². The molecule has 0 unspecified atom stereocenters. The van der Waals surface area contributed by atoms with Crippen molar-refractivity contribution in [1.29, 1.82) is 0 Å². The highest BCUT2D eigenvalue weighted by Crippen LogP contribution is 2.32. The van der Waals surface area contributed by atoms with Crippen molar-refractivity contribution in [2.75, 3.05) is 6.54 Å². The van der Waals surface area contributed by atoms with Crippen LogP contribution in [0, 0.1) is 5.92 Å². The first-order chi connectivity index (χ1) is 11.1. The Morgan fingerprint density at radius 2 is 1.57 bits per heavy atom. The second kappa shape index (κ2) is 7.09. The number of carbonyl (C=O) groups is 2. The molecule has 1 amide bonds. The zero-order valence-corrected chi connectivity index (χ0v) is 14.3. The zero-order valence-electron chi connectivity index (χ0n) is 12.7. The molecule has 1 aliphatic carbocycles. The summed E-state index contributed by atoms with van der Waals surface area (Å²) < 4.78 is 0.954. The Hall–Kier alpha value is -1.94. The molecule has 4 heteroatoms. The molecule has 0 spiro atoms. The summed E-state index contributed by atoms with van der Waals surface area (Å²) in [5.74, 6) is 0.448. The fourth-order valence-corrected chi connectivity index (χ4v) is 2.70. The van der Waals surface area contributed by atoms with Crippen molar-refractivity contribution in [3.05, 3.63) is 69.7 Å². The normalized spacial score (nSPS) is 13.6. The van der Waals surface area contributed by atoms with Crippen molar-refractivity contribution >= 4 is 27.6 Å². The SMILES string of the molecule is O=C(NCCc1ccc(C(=O)C2CC2)cc1)c1ccc(Br)cc1. The van der Waals surface area contributed by atoms with Gasteiger partial charge in [0.05, 0.1) is 0 Å². The number of hydrogen-bond donors (Lipinski definition) is 1. The lowest BCUT2D eigenvalue weighted by molar-refractivity contribution is 0.0951. The summed E-state index contributed by atoms with van der Waals surface area (Å²) in [5, 5.41) is 2.91. The summed E-state index contributed by atoms with van der Waals surface area (Å²) in [7, 11) is 0. The average molecular weight is 372 g/mol. The molecule has 2 aromatic rings. The molecule has 3 nitrogen and oxygen atoms in total. The molecule has 23 heavy (non-hydrogen) atoms. The third-order valence-corrected chi connectivity index (χ3v) is 4.52. The Morgan fingerprint density at radius 3 is 2.17 bits per heavy atom. The molecule has 0 saturated heterocycles. The van der Waals surface area contributed by atoms with Crippen LogP contribution in [0.3, 0.4) is 0 Å². The summed E-state index contributed by atoms with van der Waals surface area (Å²) in [4.78, 5) is 23.9. The summed E-state index contributed by atoms with van der Waals surface area (Å²) in [6.45, 7) is 0.574. The summed E-state index contributed by atoms with van der Waals surface area (Å²) in [6.07, 6.45) is 2.81. The topological polar surface area (TPSA) is 46.2 Å². The molecule has 0 aliphatic heterocycles. The first kappa shape index (κ1) is 15.9. The molecule has 1 fully saturated rings. The predicted octanol–water partition coefficient (Wildman–Crippen LogP) is 4.01. The number of ketones is 1. The fourth-order valence-electron chi connectivity index (χ4n) is 2.44. The Balaban J connectivity index is 1.49. The standard InChI is InChI=1S/C19H18BrNO2/c20-17-9-7-16(8-10-17)19(23)21-12-11-13-1-3-14(4-2-13)18(22)15-5-6-15/h1-4,7-10,15H,5-6,11-12H2,(H,21,23). The van der Waals surface area contributed by atoms with Gasteiger partial charge in [-0.05, 0) is 49.1 Å². The van der Waals surface area contributed by atoms with E-state index in [1.807, 2.05) is 36.4 Å². The molecule has 0 heterocycles. The number of carbonyl (C=O) groups excluding carboxylic acids is 2. The number of hydrogen-bond acceptors (Lipinski definition) is 2. The van der Waals surface area contributed by atoms with Crippen LogP contribution in [-0.2, 0) is 6.42 Å². The highest BCUT2D eigenvalue weighted by atomic mass is 79.9. The van der Waals surface area contributed by atoms with Gasteiger partial charge in [0.2, 0.25) is 0 Å². The van der Waals surface area contributed by atoms with E-state index in [4.69, 9.17) is 0 Å². The molecule has 0 bridgehead atoms. The Labute approximate surface area is 144 Å². The number of halogens is 1. The Bertz CT molecular complexity index is 703. The minimum absolute atomic E-state index is 0.0713. The monoisotopic (exact) mass is 371 g/mol. The molecule has 118 valence electrons. The van der Waals surface area contributed by atoms with E-state index in [9.17, 15) is 9.59 Å². The van der Waals surface area contributed by atoms with E-state index < -0.39 is 0 Å². The van der Waals surface area contributed by atoms with Crippen molar-refractivity contribution in [3.63, 3.8) is 0 Å². The van der Waals surface area contributed by atoms with E-state index in [-0.39, 0.29) is 17.6 Å². The van der Waals surface area contributed by atoms with E-state index >= 15 is 0 Å². The molecule has 0 atom stereocenters. The minimum Gasteiger partial charge on any atom is -0.352 e. The van der Waals surface area contributed by atoms with Gasteiger partial charge in [-0.15, -0.1) is 0 Å². The Morgan fingerprint density at radius 1 is 0.957 bits per heavy atom. The molecule has 0 radical (unpaired) electrons. The van der Waals surface area contributed by atoms with Crippen molar-refractivity contribution in [3.8, 4) is 0 Å². The van der Waals surface area contributed by atoms with Crippen LogP contribution in [0.15, 0.2) is 53.0 Å². The lowest BCUT2D eigenvalue weighted by atomic mass is 10.0. The van der Waals surface area contributed by atoms with E-state index in [1.165, 1.54) is 0 Å². The third-order valence-electron chi connectivity index (χ3n) is 3.99. The maximum atomic E-state index is 12.0. The van der Waals surface area contributed by atoms with Crippen LogP contribution in [0.1, 0.15) is 39.1 Å². The minimum atomic E-state index is -0.0713. The predicted molar refractivity (Wildman–Crippen MR) is 93.7 cm³/mol. The number of amides is 1. The van der Waals surface area contributed by atoms with Crippen LogP contribution in [-0.4, -0.2) is 18.2 Å². The molecule has 1 aliphatic rings. The highest BCUT2D eigenvalue weighted by Gasteiger charge is 2.30. The Kier molecular flexibility index (Phi) is 4.91. The van der Waals surface area contributed by atoms with E-state index in [0.717, 1.165) is 34.9 Å². The smallest absolute Gasteiger partial charge is 0.251 e. The van der Waals surface area contributed by atoms with Crippen LogP contribution in [0.25, 0.3) is 0 Å². The summed E-state index contributed by atoms with van der Waals surface area (Å²) >= 11 is 3.35. The zero-order chi connectivity index (χ0) is 16.2. The lowest BCUT2D eigenvalue weighted by Gasteiger charge is -2.06. The highest BCUT2D eigenvalue weighted by molar-refractivity contribution is 9.10. The number of nitrogens with one attached hydrogen (secondary N) is 1. The maximum absolute atomic E-state index is 12.0. The van der Waals surface area contributed by atoms with Gasteiger partial charge < -0.3 is 5.32 Å². The molecule has 2 aromatic carbocycles. The van der Waals surface area contributed by atoms with Gasteiger partial charge in [-0.3, -0.25) is 9.59 Å². The van der Waals surface area contributed by atoms with Gasteiger partial charge in [0.15, 0.2) is 5.78 Å². The maximum Gasteiger partial charge on any atom is 0.251 e. The van der Waals surface area contributed by atoms with Crippen molar-refractivity contribution < 1.29 is 9.59 Å². The number of benzene rings is 2. The quantitative estimate of drug-likeness (QED) is 0.779. The molecule has 3 rings (SSSR count). The van der Waals surface area contributed by atoms with Gasteiger partial charge in [-0.1, -0.05) is 40.2 Å². The van der Waals surface area contributed by atoms with Crippen molar-refractivity contribution in [2.45, 2.75) is 19.3 Å². The molecule has 0 aromatic heterocycles. The van der Waals surface area contributed by atoms with Gasteiger partial charge in [-0.2, -0.15) is 0 Å². The second-order valence-corrected chi connectivity index (χ2v) is 6.76. The fraction of sp³-hybridized carbons (Fsp3) is 0.263. The van der Waals surface area contributed by atoms with Gasteiger partial charge in [0.1, 0.15) is 0 Å². The molecular formula is C19H18BrNO2. The number of rotatable bonds is 6. The molecule has 1 N–H and O–H groups in total. The van der Waals surface area contributed by atoms with Gasteiger partial charge in [-0.25, -0.2) is 0 Å². The van der Waals surface area contributed by atoms with Crippen LogP contribution in [0.5, 0.6) is 0 Å². The second-order valence-electron chi connectivity index (χ2n) is 5.85. The molecular weight excluding hydrogens is 354 g/mol. The van der Waals surface area contributed by atoms with Crippen molar-refractivity contribution in [1.82, 2.24) is 5.32 Å². The first-order valence-corrected chi connectivity index (χ1v) is 8.60. The van der Waals surface area contributed by atoms with Crippen LogP contribution < -0.4 is 5.32 Å². The van der Waals surface area contributed by atoms with Gasteiger partial charge >= 0.3 is 0 Å². The van der Waals surface area contributed by atoms with Crippen molar-refractivity contribution in [2.24, 2.45) is 5.92 Å². The van der Waals surface area contributed by atoms with E-state index in [0.29, 0.717) is 12.1 Å². The van der Waals surface area contributed by atoms with Crippen LogP contribution >= 0.6 is 15.9 Å². The number of Topliss-reactive ketones (excluding diaryl/α,β-unsaturated/α-hetero) is 1. The largest absolute Gasteiger partial charge is 0.352 e. The first-order valence-electron chi connectivity index (χ1n) is 7.80. The third kappa shape index (κ3) is 4.29. The van der Waals surface area contributed by atoms with E-state index in [1.54, 1.807) is 12.1 Å². The summed E-state index contributed by atoms with van der Waals surface area (Å²) in [6, 6.07) is 15.0.